The van der Waals surface area contributed by atoms with Crippen LogP contribution in [-0.4, -0.2) is 16.2 Å². The van der Waals surface area contributed by atoms with Crippen LogP contribution in [-0.2, 0) is 6.61 Å². The molecule has 4 nitrogen and oxygen atoms in total. The van der Waals surface area contributed by atoms with Gasteiger partial charge in [0.1, 0.15) is 29.5 Å². The minimum atomic E-state index is -1.33. The standard InChI is InChI=1S/C14H9Cl2FO4/c15-11-3-8(17)2-1-7(11)6-21-9-4-10(14(19)20)13(18)12(16)5-9/h1-5,18H,6H2,(H,19,20). The van der Waals surface area contributed by atoms with Crippen molar-refractivity contribution in [2.24, 2.45) is 0 Å². The van der Waals surface area contributed by atoms with Crippen LogP contribution in [0.15, 0.2) is 30.3 Å². The largest absolute Gasteiger partial charge is 0.505 e. The fraction of sp³-hybridized carbons (Fsp3) is 0.0714. The van der Waals surface area contributed by atoms with Crippen LogP contribution >= 0.6 is 23.2 Å². The number of carbonyl (C=O) groups is 1. The van der Waals surface area contributed by atoms with E-state index in [9.17, 15) is 14.3 Å². The fourth-order valence-electron chi connectivity index (χ4n) is 1.62. The third kappa shape index (κ3) is 3.56. The number of hydrogen-bond donors (Lipinski definition) is 2. The van der Waals surface area contributed by atoms with Gasteiger partial charge in [-0.25, -0.2) is 9.18 Å². The summed E-state index contributed by atoms with van der Waals surface area (Å²) in [6.07, 6.45) is 0. The molecule has 0 bridgehead atoms. The van der Waals surface area contributed by atoms with Gasteiger partial charge in [-0.3, -0.25) is 0 Å². The zero-order chi connectivity index (χ0) is 15.6. The highest BCUT2D eigenvalue weighted by Gasteiger charge is 2.15. The number of carboxylic acids is 1. The van der Waals surface area contributed by atoms with Crippen LogP contribution in [0.5, 0.6) is 11.5 Å². The smallest absolute Gasteiger partial charge is 0.339 e. The van der Waals surface area contributed by atoms with Gasteiger partial charge >= 0.3 is 5.97 Å². The first-order chi connectivity index (χ1) is 9.88. The van der Waals surface area contributed by atoms with E-state index in [2.05, 4.69) is 0 Å². The SMILES string of the molecule is O=C(O)c1cc(OCc2ccc(F)cc2Cl)cc(Cl)c1O. The summed E-state index contributed by atoms with van der Waals surface area (Å²) in [6, 6.07) is 6.25. The van der Waals surface area contributed by atoms with Crippen molar-refractivity contribution in [3.05, 3.63) is 57.3 Å². The van der Waals surface area contributed by atoms with Crippen LogP contribution in [0.1, 0.15) is 15.9 Å². The Morgan fingerprint density at radius 2 is 1.90 bits per heavy atom. The average Bonchev–Trinajstić information content (AvgIpc) is 2.41. The molecule has 21 heavy (non-hydrogen) atoms. The Hall–Kier alpha value is -1.98. The molecule has 2 aromatic carbocycles. The lowest BCUT2D eigenvalue weighted by molar-refractivity contribution is 0.0693. The van der Waals surface area contributed by atoms with Crippen LogP contribution in [0.2, 0.25) is 10.0 Å². The number of benzene rings is 2. The molecular weight excluding hydrogens is 322 g/mol. The maximum absolute atomic E-state index is 12.9. The van der Waals surface area contributed by atoms with E-state index in [0.717, 1.165) is 12.1 Å². The maximum Gasteiger partial charge on any atom is 0.339 e. The summed E-state index contributed by atoms with van der Waals surface area (Å²) < 4.78 is 18.3. The first-order valence-corrected chi connectivity index (χ1v) is 6.46. The second-order valence-electron chi connectivity index (χ2n) is 4.13. The summed E-state index contributed by atoms with van der Waals surface area (Å²) in [6.45, 7) is -0.000718. The molecule has 0 aliphatic heterocycles. The maximum atomic E-state index is 12.9. The third-order valence-electron chi connectivity index (χ3n) is 2.68. The molecule has 0 radical (unpaired) electrons. The number of rotatable bonds is 4. The minimum absolute atomic E-state index is 0.000718. The summed E-state index contributed by atoms with van der Waals surface area (Å²) in [5.41, 5.74) is 0.154. The Bertz CT molecular complexity index is 704. The summed E-state index contributed by atoms with van der Waals surface area (Å²) >= 11 is 11.6. The fourth-order valence-corrected chi connectivity index (χ4v) is 2.05. The lowest BCUT2D eigenvalue weighted by Crippen LogP contribution is -2.01. The van der Waals surface area contributed by atoms with Gasteiger partial charge in [0.2, 0.25) is 0 Å². The molecule has 7 heteroatoms. The minimum Gasteiger partial charge on any atom is -0.505 e. The predicted octanol–water partition coefficient (Wildman–Crippen LogP) is 4.12. The van der Waals surface area contributed by atoms with E-state index in [1.165, 1.54) is 18.2 Å². The molecular formula is C14H9Cl2FO4. The Morgan fingerprint density at radius 1 is 1.19 bits per heavy atom. The van der Waals surface area contributed by atoms with Gasteiger partial charge in [-0.2, -0.15) is 0 Å². The number of phenols is 1. The number of halogens is 3. The predicted molar refractivity (Wildman–Crippen MR) is 75.8 cm³/mol. The molecule has 0 unspecified atom stereocenters. The molecule has 0 spiro atoms. The van der Waals surface area contributed by atoms with Gasteiger partial charge in [0.05, 0.1) is 10.0 Å². The highest BCUT2D eigenvalue weighted by Crippen LogP contribution is 2.33. The monoisotopic (exact) mass is 330 g/mol. The van der Waals surface area contributed by atoms with E-state index in [4.69, 9.17) is 33.0 Å². The van der Waals surface area contributed by atoms with E-state index in [1.54, 1.807) is 0 Å². The third-order valence-corrected chi connectivity index (χ3v) is 3.32. The molecule has 0 saturated heterocycles. The molecule has 0 heterocycles. The van der Waals surface area contributed by atoms with Crippen molar-refractivity contribution in [1.82, 2.24) is 0 Å². The van der Waals surface area contributed by atoms with Crippen molar-refractivity contribution in [3.63, 3.8) is 0 Å². The second-order valence-corrected chi connectivity index (χ2v) is 4.95. The number of ether oxygens (including phenoxy) is 1. The highest BCUT2D eigenvalue weighted by molar-refractivity contribution is 6.32. The second kappa shape index (κ2) is 6.20. The van der Waals surface area contributed by atoms with Gasteiger partial charge in [0.25, 0.3) is 0 Å². The van der Waals surface area contributed by atoms with Gasteiger partial charge in [-0.15, -0.1) is 0 Å². The lowest BCUT2D eigenvalue weighted by Gasteiger charge is -2.10. The van der Waals surface area contributed by atoms with E-state index < -0.39 is 17.5 Å². The van der Waals surface area contributed by atoms with Crippen molar-refractivity contribution >= 4 is 29.2 Å². The van der Waals surface area contributed by atoms with Crippen molar-refractivity contribution in [2.75, 3.05) is 0 Å². The van der Waals surface area contributed by atoms with Crippen LogP contribution < -0.4 is 4.74 Å². The lowest BCUT2D eigenvalue weighted by atomic mass is 10.2. The average molecular weight is 331 g/mol. The van der Waals surface area contributed by atoms with Crippen molar-refractivity contribution in [2.45, 2.75) is 6.61 Å². The highest BCUT2D eigenvalue weighted by atomic mass is 35.5. The Kier molecular flexibility index (Phi) is 4.55. The molecule has 110 valence electrons. The van der Waals surface area contributed by atoms with E-state index >= 15 is 0 Å². The topological polar surface area (TPSA) is 66.8 Å². The summed E-state index contributed by atoms with van der Waals surface area (Å²) in [4.78, 5) is 11.0. The Labute approximate surface area is 129 Å². The molecule has 0 fully saturated rings. The first-order valence-electron chi connectivity index (χ1n) is 5.71. The molecule has 0 aliphatic rings. The van der Waals surface area contributed by atoms with Crippen molar-refractivity contribution < 1.29 is 24.1 Å². The first kappa shape index (κ1) is 15.4. The van der Waals surface area contributed by atoms with Gasteiger partial charge in [0, 0.05) is 11.6 Å². The van der Waals surface area contributed by atoms with Gasteiger partial charge in [0.15, 0.2) is 0 Å². The number of hydrogen-bond acceptors (Lipinski definition) is 3. The van der Waals surface area contributed by atoms with Gasteiger partial charge < -0.3 is 14.9 Å². The Morgan fingerprint density at radius 3 is 2.52 bits per heavy atom. The summed E-state index contributed by atoms with van der Waals surface area (Å²) in [7, 11) is 0. The molecule has 0 amide bonds. The molecule has 0 saturated carbocycles. The summed E-state index contributed by atoms with van der Waals surface area (Å²) in [5, 5.41) is 18.5. The van der Waals surface area contributed by atoms with E-state index in [0.29, 0.717) is 5.56 Å². The molecule has 2 N–H and O–H groups in total. The number of aromatic hydroxyl groups is 1. The van der Waals surface area contributed by atoms with Gasteiger partial charge in [-0.05, 0) is 18.2 Å². The molecule has 0 atom stereocenters. The van der Waals surface area contributed by atoms with E-state index in [1.807, 2.05) is 0 Å². The number of aromatic carboxylic acids is 1. The number of carboxylic acid groups (broad SMARTS) is 1. The molecule has 2 rings (SSSR count). The Balaban J connectivity index is 2.22. The van der Waals surface area contributed by atoms with Crippen LogP contribution in [0.3, 0.4) is 0 Å². The van der Waals surface area contributed by atoms with Crippen molar-refractivity contribution in [1.29, 1.82) is 0 Å². The summed E-state index contributed by atoms with van der Waals surface area (Å²) in [5.74, 6) is -2.18. The van der Waals surface area contributed by atoms with Crippen molar-refractivity contribution in [3.8, 4) is 11.5 Å². The molecule has 0 aromatic heterocycles. The zero-order valence-electron chi connectivity index (χ0n) is 10.4. The molecule has 2 aromatic rings. The quantitative estimate of drug-likeness (QED) is 0.885. The van der Waals surface area contributed by atoms with Crippen LogP contribution in [0, 0.1) is 5.82 Å². The normalized spacial score (nSPS) is 10.4. The van der Waals surface area contributed by atoms with Crippen LogP contribution in [0.25, 0.3) is 0 Å². The zero-order valence-corrected chi connectivity index (χ0v) is 12.0. The van der Waals surface area contributed by atoms with E-state index in [-0.39, 0.29) is 28.0 Å². The van der Waals surface area contributed by atoms with Crippen LogP contribution in [0.4, 0.5) is 4.39 Å². The molecule has 0 aliphatic carbocycles. The van der Waals surface area contributed by atoms with Gasteiger partial charge in [-0.1, -0.05) is 29.3 Å².